The number of nitrogens with zero attached hydrogens (tertiary/aromatic N) is 1. The first kappa shape index (κ1) is 10.0. The Morgan fingerprint density at radius 3 is 2.46 bits per heavy atom. The van der Waals surface area contributed by atoms with Crippen molar-refractivity contribution in [2.24, 2.45) is 0 Å². The van der Waals surface area contributed by atoms with Crippen LogP contribution in [0, 0.1) is 0 Å². The summed E-state index contributed by atoms with van der Waals surface area (Å²) in [5, 5.41) is 0. The van der Waals surface area contributed by atoms with E-state index >= 15 is 0 Å². The van der Waals surface area contributed by atoms with Crippen molar-refractivity contribution in [3.8, 4) is 0 Å². The van der Waals surface area contributed by atoms with Crippen LogP contribution in [0.1, 0.15) is 33.3 Å². The van der Waals surface area contributed by atoms with Crippen LogP contribution in [-0.4, -0.2) is 4.57 Å². The summed E-state index contributed by atoms with van der Waals surface area (Å²) in [5.41, 5.74) is 0.962. The van der Waals surface area contributed by atoms with E-state index in [9.17, 15) is 4.79 Å². The Hall–Kier alpha value is -1.05. The van der Waals surface area contributed by atoms with Gasteiger partial charge >= 0.3 is 0 Å². The molecule has 2 nitrogen and oxygen atoms in total. The Morgan fingerprint density at radius 1 is 1.38 bits per heavy atom. The molecule has 0 fully saturated rings. The molecule has 0 aromatic carbocycles. The van der Waals surface area contributed by atoms with Crippen molar-refractivity contribution < 1.29 is 0 Å². The molecule has 1 heterocycles. The Morgan fingerprint density at radius 2 is 2.00 bits per heavy atom. The highest BCUT2D eigenvalue weighted by Crippen LogP contribution is 2.17. The van der Waals surface area contributed by atoms with Crippen LogP contribution in [0.15, 0.2) is 23.1 Å². The molecule has 0 radical (unpaired) electrons. The zero-order valence-electron chi connectivity index (χ0n) is 8.79. The number of pyridine rings is 1. The molecule has 2 heteroatoms. The molecular weight excluding hydrogens is 162 g/mol. The Labute approximate surface area is 79.2 Å². The molecule has 1 aromatic heterocycles. The van der Waals surface area contributed by atoms with Crippen molar-refractivity contribution >= 4 is 0 Å². The number of aromatic nitrogens is 1. The highest BCUT2D eigenvalue weighted by Gasteiger charge is 2.17. The monoisotopic (exact) mass is 179 g/mol. The summed E-state index contributed by atoms with van der Waals surface area (Å²) in [5.74, 6) is 0. The fourth-order valence-corrected chi connectivity index (χ4v) is 1.36. The minimum atomic E-state index is -0.0603. The lowest BCUT2D eigenvalue weighted by Gasteiger charge is -2.18. The minimum absolute atomic E-state index is 0.0603. The first-order valence-electron chi connectivity index (χ1n) is 4.66. The Bertz CT molecular complexity index is 344. The van der Waals surface area contributed by atoms with Crippen molar-refractivity contribution in [3.05, 3.63) is 34.2 Å². The molecule has 1 aromatic rings. The fourth-order valence-electron chi connectivity index (χ4n) is 1.36. The van der Waals surface area contributed by atoms with Gasteiger partial charge in [-0.1, -0.05) is 26.8 Å². The van der Waals surface area contributed by atoms with E-state index in [0.29, 0.717) is 0 Å². The van der Waals surface area contributed by atoms with Crippen molar-refractivity contribution in [1.82, 2.24) is 4.57 Å². The van der Waals surface area contributed by atoms with E-state index in [1.165, 1.54) is 0 Å². The van der Waals surface area contributed by atoms with Crippen molar-refractivity contribution in [2.45, 2.75) is 39.7 Å². The van der Waals surface area contributed by atoms with Crippen molar-refractivity contribution in [1.29, 1.82) is 0 Å². The van der Waals surface area contributed by atoms with E-state index in [-0.39, 0.29) is 11.0 Å². The predicted molar refractivity (Wildman–Crippen MR) is 55.1 cm³/mol. The van der Waals surface area contributed by atoms with Crippen LogP contribution in [0.4, 0.5) is 0 Å². The maximum absolute atomic E-state index is 11.8. The summed E-state index contributed by atoms with van der Waals surface area (Å²) in [6.45, 7) is 8.90. The van der Waals surface area contributed by atoms with Gasteiger partial charge in [0, 0.05) is 18.3 Å². The summed E-state index contributed by atoms with van der Waals surface area (Å²) in [4.78, 5) is 11.8. The standard InChI is InChI=1S/C11H17NO/c1-5-12-8-6-7-9(10(12)13)11(2,3)4/h6-8H,5H2,1-4H3. The lowest BCUT2D eigenvalue weighted by molar-refractivity contribution is 0.566. The van der Waals surface area contributed by atoms with Gasteiger partial charge in [0.1, 0.15) is 0 Å². The van der Waals surface area contributed by atoms with Gasteiger partial charge < -0.3 is 4.57 Å². The summed E-state index contributed by atoms with van der Waals surface area (Å²) in [6.07, 6.45) is 1.83. The van der Waals surface area contributed by atoms with Gasteiger partial charge in [0.25, 0.3) is 5.56 Å². The molecule has 0 spiro atoms. The first-order chi connectivity index (χ1) is 5.96. The lowest BCUT2D eigenvalue weighted by atomic mass is 9.88. The van der Waals surface area contributed by atoms with Crippen molar-refractivity contribution in [2.75, 3.05) is 0 Å². The average Bonchev–Trinajstić information content (AvgIpc) is 2.02. The van der Waals surface area contributed by atoms with Crippen LogP contribution in [0.5, 0.6) is 0 Å². The van der Waals surface area contributed by atoms with Crippen LogP contribution in [0.3, 0.4) is 0 Å². The van der Waals surface area contributed by atoms with Gasteiger partial charge in [0.15, 0.2) is 0 Å². The third-order valence-electron chi connectivity index (χ3n) is 2.17. The largest absolute Gasteiger partial charge is 0.316 e. The Balaban J connectivity index is 3.33. The zero-order chi connectivity index (χ0) is 10.1. The minimum Gasteiger partial charge on any atom is -0.316 e. The van der Waals surface area contributed by atoms with Crippen LogP contribution in [0.25, 0.3) is 0 Å². The molecule has 0 aliphatic rings. The van der Waals surface area contributed by atoms with Gasteiger partial charge in [-0.15, -0.1) is 0 Å². The van der Waals surface area contributed by atoms with Crippen LogP contribution in [-0.2, 0) is 12.0 Å². The molecular formula is C11H17NO. The second-order valence-corrected chi connectivity index (χ2v) is 4.26. The molecule has 0 saturated carbocycles. The van der Waals surface area contributed by atoms with E-state index in [1.807, 2.05) is 25.3 Å². The third-order valence-corrected chi connectivity index (χ3v) is 2.17. The molecule has 1 rings (SSSR count). The molecule has 0 saturated heterocycles. The van der Waals surface area contributed by atoms with Gasteiger partial charge in [0.2, 0.25) is 0 Å². The summed E-state index contributed by atoms with van der Waals surface area (Å²) < 4.78 is 1.74. The second kappa shape index (κ2) is 3.36. The molecule has 0 atom stereocenters. The highest BCUT2D eigenvalue weighted by molar-refractivity contribution is 5.19. The molecule has 72 valence electrons. The molecule has 0 bridgehead atoms. The molecule has 0 aliphatic carbocycles. The van der Waals surface area contributed by atoms with Gasteiger partial charge in [-0.25, -0.2) is 0 Å². The van der Waals surface area contributed by atoms with Gasteiger partial charge in [0.05, 0.1) is 0 Å². The van der Waals surface area contributed by atoms with E-state index in [2.05, 4.69) is 20.8 Å². The molecule has 0 aliphatic heterocycles. The molecule has 0 amide bonds. The predicted octanol–water partition coefficient (Wildman–Crippen LogP) is 2.17. The fraction of sp³-hybridized carbons (Fsp3) is 0.545. The van der Waals surface area contributed by atoms with Crippen LogP contribution in [0.2, 0.25) is 0 Å². The van der Waals surface area contributed by atoms with E-state index in [4.69, 9.17) is 0 Å². The van der Waals surface area contributed by atoms with Gasteiger partial charge in [-0.3, -0.25) is 4.79 Å². The number of aryl methyl sites for hydroxylation is 1. The normalized spacial score (nSPS) is 11.7. The summed E-state index contributed by atoms with van der Waals surface area (Å²) >= 11 is 0. The third kappa shape index (κ3) is 2.00. The van der Waals surface area contributed by atoms with E-state index in [1.54, 1.807) is 4.57 Å². The maximum Gasteiger partial charge on any atom is 0.254 e. The molecule has 13 heavy (non-hydrogen) atoms. The van der Waals surface area contributed by atoms with Gasteiger partial charge in [-0.05, 0) is 18.4 Å². The lowest BCUT2D eigenvalue weighted by Crippen LogP contribution is -2.29. The summed E-state index contributed by atoms with van der Waals surface area (Å²) in [7, 11) is 0. The molecule has 0 N–H and O–H groups in total. The van der Waals surface area contributed by atoms with Crippen LogP contribution >= 0.6 is 0 Å². The maximum atomic E-state index is 11.8. The van der Waals surface area contributed by atoms with Crippen LogP contribution < -0.4 is 5.56 Å². The quantitative estimate of drug-likeness (QED) is 0.647. The highest BCUT2D eigenvalue weighted by atomic mass is 16.1. The Kier molecular flexibility index (Phi) is 2.60. The first-order valence-corrected chi connectivity index (χ1v) is 4.66. The topological polar surface area (TPSA) is 22.0 Å². The number of hydrogen-bond acceptors (Lipinski definition) is 1. The SMILES string of the molecule is CCn1cccc(C(C)(C)C)c1=O. The average molecular weight is 179 g/mol. The smallest absolute Gasteiger partial charge is 0.254 e. The number of hydrogen-bond donors (Lipinski definition) is 0. The van der Waals surface area contributed by atoms with Gasteiger partial charge in [-0.2, -0.15) is 0 Å². The molecule has 0 unspecified atom stereocenters. The second-order valence-electron chi connectivity index (χ2n) is 4.26. The van der Waals surface area contributed by atoms with Crippen molar-refractivity contribution in [3.63, 3.8) is 0 Å². The number of rotatable bonds is 1. The summed E-state index contributed by atoms with van der Waals surface area (Å²) in [6, 6.07) is 3.85. The van der Waals surface area contributed by atoms with E-state index < -0.39 is 0 Å². The zero-order valence-corrected chi connectivity index (χ0v) is 8.79. The van der Waals surface area contributed by atoms with E-state index in [0.717, 1.165) is 12.1 Å².